The highest BCUT2D eigenvalue weighted by atomic mass is 19.1. The van der Waals surface area contributed by atoms with Crippen molar-refractivity contribution in [3.05, 3.63) is 30.1 Å². The predicted molar refractivity (Wildman–Crippen MR) is 80.7 cm³/mol. The number of hydrogen-bond donors (Lipinski definition) is 1. The third-order valence-electron chi connectivity index (χ3n) is 3.95. The molecule has 0 amide bonds. The van der Waals surface area contributed by atoms with Crippen molar-refractivity contribution in [1.82, 2.24) is 5.32 Å². The minimum Gasteiger partial charge on any atom is -0.381 e. The smallest absolute Gasteiger partial charge is 0.125 e. The molecule has 1 N–H and O–H groups in total. The first-order chi connectivity index (χ1) is 9.74. The van der Waals surface area contributed by atoms with Gasteiger partial charge in [0.2, 0.25) is 0 Å². The van der Waals surface area contributed by atoms with Crippen molar-refractivity contribution >= 4 is 5.69 Å². The molecular weight excluding hydrogens is 255 g/mol. The molecule has 1 aromatic carbocycles. The van der Waals surface area contributed by atoms with Crippen LogP contribution in [-0.4, -0.2) is 38.9 Å². The van der Waals surface area contributed by atoms with Crippen molar-refractivity contribution in [2.24, 2.45) is 5.92 Å². The number of benzene rings is 1. The Morgan fingerprint density at radius 2 is 2.25 bits per heavy atom. The summed E-state index contributed by atoms with van der Waals surface area (Å²) < 4.78 is 19.0. The highest BCUT2D eigenvalue weighted by Gasteiger charge is 2.26. The summed E-state index contributed by atoms with van der Waals surface area (Å²) in [4.78, 5) is 2.23. The van der Waals surface area contributed by atoms with Crippen molar-refractivity contribution in [2.45, 2.75) is 26.3 Å². The van der Waals surface area contributed by atoms with Crippen molar-refractivity contribution in [3.8, 4) is 0 Å². The molecule has 3 nitrogen and oxygen atoms in total. The molecule has 1 heterocycles. The molecule has 112 valence electrons. The fourth-order valence-corrected chi connectivity index (χ4v) is 2.88. The average molecular weight is 280 g/mol. The number of hydrogen-bond acceptors (Lipinski definition) is 3. The van der Waals surface area contributed by atoms with E-state index in [4.69, 9.17) is 4.74 Å². The molecule has 0 aliphatic carbocycles. The van der Waals surface area contributed by atoms with Crippen LogP contribution in [0.3, 0.4) is 0 Å². The summed E-state index contributed by atoms with van der Waals surface area (Å²) in [5, 5.41) is 3.55. The SMILES string of the molecule is CCNC1CCOCC1CN(CC)c1cccc(F)c1. The zero-order valence-corrected chi connectivity index (χ0v) is 12.4. The number of ether oxygens (including phenoxy) is 1. The van der Waals surface area contributed by atoms with Crippen LogP contribution in [0.1, 0.15) is 20.3 Å². The standard InChI is InChI=1S/C16H25FN2O/c1-3-18-16-8-9-20-12-13(16)11-19(4-2)15-7-5-6-14(17)10-15/h5-7,10,13,16,18H,3-4,8-9,11-12H2,1-2H3. The molecule has 4 heteroatoms. The third kappa shape index (κ3) is 3.93. The van der Waals surface area contributed by atoms with E-state index in [2.05, 4.69) is 24.1 Å². The van der Waals surface area contributed by atoms with E-state index in [1.165, 1.54) is 6.07 Å². The molecule has 20 heavy (non-hydrogen) atoms. The lowest BCUT2D eigenvalue weighted by atomic mass is 9.94. The number of rotatable bonds is 6. The minimum atomic E-state index is -0.177. The molecule has 1 fully saturated rings. The highest BCUT2D eigenvalue weighted by molar-refractivity contribution is 5.46. The van der Waals surface area contributed by atoms with Crippen LogP contribution >= 0.6 is 0 Å². The van der Waals surface area contributed by atoms with E-state index in [9.17, 15) is 4.39 Å². The van der Waals surface area contributed by atoms with Gasteiger partial charge in [0.1, 0.15) is 5.82 Å². The van der Waals surface area contributed by atoms with Gasteiger partial charge in [-0.3, -0.25) is 0 Å². The van der Waals surface area contributed by atoms with E-state index < -0.39 is 0 Å². The Balaban J connectivity index is 2.04. The van der Waals surface area contributed by atoms with Gasteiger partial charge in [0, 0.05) is 37.3 Å². The maximum absolute atomic E-state index is 13.4. The number of nitrogens with zero attached hydrogens (tertiary/aromatic N) is 1. The Morgan fingerprint density at radius 3 is 2.95 bits per heavy atom. The Bertz CT molecular complexity index is 411. The molecular formula is C16H25FN2O. The van der Waals surface area contributed by atoms with Gasteiger partial charge in [0.05, 0.1) is 6.61 Å². The third-order valence-corrected chi connectivity index (χ3v) is 3.95. The molecule has 2 atom stereocenters. The number of halogens is 1. The van der Waals surface area contributed by atoms with Crippen LogP contribution in [0.5, 0.6) is 0 Å². The zero-order valence-electron chi connectivity index (χ0n) is 12.4. The summed E-state index contributed by atoms with van der Waals surface area (Å²) in [5.41, 5.74) is 0.952. The average Bonchev–Trinajstić information content (AvgIpc) is 2.46. The van der Waals surface area contributed by atoms with Crippen molar-refractivity contribution < 1.29 is 9.13 Å². The van der Waals surface area contributed by atoms with Crippen LogP contribution in [0.4, 0.5) is 10.1 Å². The van der Waals surface area contributed by atoms with E-state index in [-0.39, 0.29) is 5.82 Å². The second-order valence-corrected chi connectivity index (χ2v) is 5.31. The van der Waals surface area contributed by atoms with Gasteiger partial charge >= 0.3 is 0 Å². The van der Waals surface area contributed by atoms with Gasteiger partial charge in [-0.15, -0.1) is 0 Å². The van der Waals surface area contributed by atoms with Crippen molar-refractivity contribution in [3.63, 3.8) is 0 Å². The largest absolute Gasteiger partial charge is 0.381 e. The lowest BCUT2D eigenvalue weighted by Crippen LogP contribution is -2.47. The summed E-state index contributed by atoms with van der Waals surface area (Å²) in [7, 11) is 0. The molecule has 0 saturated carbocycles. The topological polar surface area (TPSA) is 24.5 Å². The summed E-state index contributed by atoms with van der Waals surface area (Å²) in [5.74, 6) is 0.274. The van der Waals surface area contributed by atoms with Crippen LogP contribution in [0.15, 0.2) is 24.3 Å². The lowest BCUT2D eigenvalue weighted by Gasteiger charge is -2.36. The van der Waals surface area contributed by atoms with Gasteiger partial charge in [-0.1, -0.05) is 13.0 Å². The summed E-state index contributed by atoms with van der Waals surface area (Å²) in [6.45, 7) is 8.61. The van der Waals surface area contributed by atoms with Gasteiger partial charge in [-0.05, 0) is 38.1 Å². The number of nitrogens with one attached hydrogen (secondary N) is 1. The normalized spacial score (nSPS) is 22.8. The Labute approximate surface area is 121 Å². The first kappa shape index (κ1) is 15.3. The molecule has 2 rings (SSSR count). The molecule has 1 aliphatic heterocycles. The fraction of sp³-hybridized carbons (Fsp3) is 0.625. The highest BCUT2D eigenvalue weighted by Crippen LogP contribution is 2.21. The molecule has 1 aliphatic rings. The van der Waals surface area contributed by atoms with E-state index in [0.717, 1.165) is 45.0 Å². The Morgan fingerprint density at radius 1 is 1.40 bits per heavy atom. The van der Waals surface area contributed by atoms with Crippen molar-refractivity contribution in [1.29, 1.82) is 0 Å². The fourth-order valence-electron chi connectivity index (χ4n) is 2.88. The van der Waals surface area contributed by atoms with E-state index >= 15 is 0 Å². The molecule has 1 aromatic rings. The van der Waals surface area contributed by atoms with Gasteiger partial charge in [-0.2, -0.15) is 0 Å². The first-order valence-electron chi connectivity index (χ1n) is 7.56. The maximum atomic E-state index is 13.4. The molecule has 0 bridgehead atoms. The molecule has 0 radical (unpaired) electrons. The summed E-state index contributed by atoms with van der Waals surface area (Å²) >= 11 is 0. The number of anilines is 1. The predicted octanol–water partition coefficient (Wildman–Crippen LogP) is 2.67. The maximum Gasteiger partial charge on any atom is 0.125 e. The van der Waals surface area contributed by atoms with Gasteiger partial charge in [0.15, 0.2) is 0 Å². The van der Waals surface area contributed by atoms with Crippen LogP contribution in [0.2, 0.25) is 0 Å². The van der Waals surface area contributed by atoms with E-state index in [1.807, 2.05) is 6.07 Å². The van der Waals surface area contributed by atoms with Crippen LogP contribution in [0.25, 0.3) is 0 Å². The molecule has 0 aromatic heterocycles. The van der Waals surface area contributed by atoms with E-state index in [0.29, 0.717) is 12.0 Å². The van der Waals surface area contributed by atoms with Gasteiger partial charge < -0.3 is 15.0 Å². The Kier molecular flexibility index (Phi) is 5.80. The lowest BCUT2D eigenvalue weighted by molar-refractivity contribution is 0.0352. The quantitative estimate of drug-likeness (QED) is 0.867. The first-order valence-corrected chi connectivity index (χ1v) is 7.56. The van der Waals surface area contributed by atoms with Crippen molar-refractivity contribution in [2.75, 3.05) is 37.7 Å². The zero-order chi connectivity index (χ0) is 14.4. The van der Waals surface area contributed by atoms with E-state index in [1.54, 1.807) is 12.1 Å². The summed E-state index contributed by atoms with van der Waals surface area (Å²) in [6.07, 6.45) is 1.05. The van der Waals surface area contributed by atoms with Gasteiger partial charge in [-0.25, -0.2) is 4.39 Å². The minimum absolute atomic E-state index is 0.177. The second-order valence-electron chi connectivity index (χ2n) is 5.31. The van der Waals surface area contributed by atoms with Crippen LogP contribution in [0, 0.1) is 11.7 Å². The summed E-state index contributed by atoms with van der Waals surface area (Å²) in [6, 6.07) is 7.33. The monoisotopic (exact) mass is 280 g/mol. The Hall–Kier alpha value is -1.13. The van der Waals surface area contributed by atoms with Crippen LogP contribution in [-0.2, 0) is 4.74 Å². The molecule has 0 spiro atoms. The second kappa shape index (κ2) is 7.60. The molecule has 2 unspecified atom stereocenters. The molecule has 1 saturated heterocycles. The van der Waals surface area contributed by atoms with Crippen LogP contribution < -0.4 is 10.2 Å². The van der Waals surface area contributed by atoms with Gasteiger partial charge in [0.25, 0.3) is 0 Å².